The van der Waals surface area contributed by atoms with Gasteiger partial charge in [0.05, 0.1) is 7.11 Å². The van der Waals surface area contributed by atoms with E-state index in [2.05, 4.69) is 19.1 Å². The van der Waals surface area contributed by atoms with Gasteiger partial charge in [-0.05, 0) is 49.3 Å². The third kappa shape index (κ3) is 2.94. The number of nitrogens with two attached hydrogens (primary N) is 1. The fourth-order valence-electron chi connectivity index (χ4n) is 2.64. The molecule has 98 valence electrons. The normalized spacial score (nSPS) is 18.9. The van der Waals surface area contributed by atoms with Gasteiger partial charge in [0.1, 0.15) is 5.75 Å². The standard InChI is InChI=1S/C16H23NO/c1-12(13-7-4-3-5-8-13)16(17)14-9-6-10-15(11-14)18-2/h6-7,9-12,16H,3-5,8,17H2,1-2H3. The minimum atomic E-state index is 0.0597. The lowest BCUT2D eigenvalue weighted by Gasteiger charge is -2.25. The van der Waals surface area contributed by atoms with Gasteiger partial charge in [-0.1, -0.05) is 30.7 Å². The molecule has 1 aromatic carbocycles. The van der Waals surface area contributed by atoms with E-state index in [1.54, 1.807) is 7.11 Å². The van der Waals surface area contributed by atoms with Gasteiger partial charge in [0.15, 0.2) is 0 Å². The van der Waals surface area contributed by atoms with E-state index in [-0.39, 0.29) is 6.04 Å². The Kier molecular flexibility index (Phi) is 4.43. The van der Waals surface area contributed by atoms with Crippen molar-refractivity contribution < 1.29 is 4.74 Å². The second-order valence-electron chi connectivity index (χ2n) is 5.12. The monoisotopic (exact) mass is 245 g/mol. The first-order valence-corrected chi connectivity index (χ1v) is 6.81. The van der Waals surface area contributed by atoms with Crippen LogP contribution in [0.3, 0.4) is 0 Å². The molecule has 2 unspecified atom stereocenters. The van der Waals surface area contributed by atoms with Gasteiger partial charge >= 0.3 is 0 Å². The second kappa shape index (κ2) is 6.05. The van der Waals surface area contributed by atoms with Crippen molar-refractivity contribution in [1.29, 1.82) is 0 Å². The van der Waals surface area contributed by atoms with Crippen molar-refractivity contribution in [3.05, 3.63) is 41.5 Å². The Labute approximate surface area is 110 Å². The summed E-state index contributed by atoms with van der Waals surface area (Å²) in [5.41, 5.74) is 9.08. The van der Waals surface area contributed by atoms with Gasteiger partial charge in [-0.15, -0.1) is 0 Å². The highest BCUT2D eigenvalue weighted by molar-refractivity contribution is 5.32. The topological polar surface area (TPSA) is 35.2 Å². The molecular formula is C16H23NO. The van der Waals surface area contributed by atoms with E-state index in [0.717, 1.165) is 11.3 Å². The lowest BCUT2D eigenvalue weighted by atomic mass is 9.83. The fraction of sp³-hybridized carbons (Fsp3) is 0.500. The molecule has 0 saturated carbocycles. The SMILES string of the molecule is COc1cccc(C(N)C(C)C2=CCCCC2)c1. The molecule has 0 amide bonds. The predicted molar refractivity (Wildman–Crippen MR) is 75.6 cm³/mol. The summed E-state index contributed by atoms with van der Waals surface area (Å²) in [4.78, 5) is 0. The number of ether oxygens (including phenoxy) is 1. The molecule has 0 fully saturated rings. The Morgan fingerprint density at radius 2 is 2.11 bits per heavy atom. The number of hydrogen-bond donors (Lipinski definition) is 1. The number of methoxy groups -OCH3 is 1. The Balaban J connectivity index is 2.14. The lowest BCUT2D eigenvalue weighted by molar-refractivity contribution is 0.412. The zero-order valence-electron chi connectivity index (χ0n) is 11.4. The zero-order valence-corrected chi connectivity index (χ0v) is 11.4. The maximum Gasteiger partial charge on any atom is 0.119 e. The maximum atomic E-state index is 6.40. The third-order valence-corrected chi connectivity index (χ3v) is 3.93. The maximum absolute atomic E-state index is 6.40. The van der Waals surface area contributed by atoms with Crippen molar-refractivity contribution >= 4 is 0 Å². The van der Waals surface area contributed by atoms with Crippen molar-refractivity contribution in [2.75, 3.05) is 7.11 Å². The first kappa shape index (κ1) is 13.2. The van der Waals surface area contributed by atoms with E-state index >= 15 is 0 Å². The average Bonchev–Trinajstić information content (AvgIpc) is 2.46. The molecule has 2 rings (SSSR count). The molecule has 0 bridgehead atoms. The van der Waals surface area contributed by atoms with Gasteiger partial charge < -0.3 is 10.5 Å². The molecule has 2 N–H and O–H groups in total. The van der Waals surface area contributed by atoms with Crippen LogP contribution in [-0.2, 0) is 0 Å². The van der Waals surface area contributed by atoms with E-state index in [0.29, 0.717) is 5.92 Å². The molecule has 1 aliphatic carbocycles. The summed E-state index contributed by atoms with van der Waals surface area (Å²) < 4.78 is 5.26. The first-order chi connectivity index (χ1) is 8.72. The van der Waals surface area contributed by atoms with Crippen LogP contribution < -0.4 is 10.5 Å². The Bertz CT molecular complexity index is 425. The minimum Gasteiger partial charge on any atom is -0.497 e. The van der Waals surface area contributed by atoms with Gasteiger partial charge in [0.25, 0.3) is 0 Å². The summed E-state index contributed by atoms with van der Waals surface area (Å²) in [6.45, 7) is 2.24. The largest absolute Gasteiger partial charge is 0.497 e. The summed E-state index contributed by atoms with van der Waals surface area (Å²) >= 11 is 0. The van der Waals surface area contributed by atoms with E-state index in [4.69, 9.17) is 10.5 Å². The van der Waals surface area contributed by atoms with Crippen LogP contribution in [-0.4, -0.2) is 7.11 Å². The van der Waals surface area contributed by atoms with Crippen LogP contribution in [0.1, 0.15) is 44.2 Å². The Morgan fingerprint density at radius 1 is 1.28 bits per heavy atom. The zero-order chi connectivity index (χ0) is 13.0. The van der Waals surface area contributed by atoms with Crippen LogP contribution in [0.5, 0.6) is 5.75 Å². The summed E-state index contributed by atoms with van der Waals surface area (Å²) in [6.07, 6.45) is 7.43. The van der Waals surface area contributed by atoms with Crippen LogP contribution in [0.25, 0.3) is 0 Å². The van der Waals surface area contributed by atoms with Crippen molar-refractivity contribution in [1.82, 2.24) is 0 Å². The van der Waals surface area contributed by atoms with Crippen LogP contribution >= 0.6 is 0 Å². The van der Waals surface area contributed by atoms with Crippen LogP contribution in [0.15, 0.2) is 35.9 Å². The van der Waals surface area contributed by atoms with E-state index in [9.17, 15) is 0 Å². The molecule has 2 atom stereocenters. The van der Waals surface area contributed by atoms with Crippen LogP contribution in [0, 0.1) is 5.92 Å². The molecule has 0 radical (unpaired) electrons. The summed E-state index contributed by atoms with van der Waals surface area (Å²) in [6, 6.07) is 8.17. The van der Waals surface area contributed by atoms with E-state index in [1.807, 2.05) is 18.2 Å². The number of rotatable bonds is 4. The van der Waals surface area contributed by atoms with Gasteiger partial charge in [-0.3, -0.25) is 0 Å². The molecule has 0 heterocycles. The highest BCUT2D eigenvalue weighted by atomic mass is 16.5. The summed E-state index contributed by atoms with van der Waals surface area (Å²) in [7, 11) is 1.69. The molecule has 1 aliphatic rings. The van der Waals surface area contributed by atoms with Crippen molar-refractivity contribution in [3.8, 4) is 5.75 Å². The smallest absolute Gasteiger partial charge is 0.119 e. The highest BCUT2D eigenvalue weighted by Crippen LogP contribution is 2.32. The molecule has 2 nitrogen and oxygen atoms in total. The number of benzene rings is 1. The summed E-state index contributed by atoms with van der Waals surface area (Å²) in [5.74, 6) is 1.30. The molecular weight excluding hydrogens is 222 g/mol. The van der Waals surface area contributed by atoms with Crippen molar-refractivity contribution in [2.45, 2.75) is 38.6 Å². The summed E-state index contributed by atoms with van der Waals surface area (Å²) in [5, 5.41) is 0. The molecule has 1 aromatic rings. The third-order valence-electron chi connectivity index (χ3n) is 3.93. The van der Waals surface area contributed by atoms with Crippen molar-refractivity contribution in [3.63, 3.8) is 0 Å². The van der Waals surface area contributed by atoms with E-state index < -0.39 is 0 Å². The molecule has 0 aromatic heterocycles. The van der Waals surface area contributed by atoms with Crippen molar-refractivity contribution in [2.24, 2.45) is 11.7 Å². The van der Waals surface area contributed by atoms with Gasteiger partial charge in [0, 0.05) is 6.04 Å². The van der Waals surface area contributed by atoms with Gasteiger partial charge in [0.2, 0.25) is 0 Å². The quantitative estimate of drug-likeness (QED) is 0.818. The van der Waals surface area contributed by atoms with Crippen LogP contribution in [0.2, 0.25) is 0 Å². The predicted octanol–water partition coefficient (Wildman–Crippen LogP) is 3.83. The molecule has 18 heavy (non-hydrogen) atoms. The fourth-order valence-corrected chi connectivity index (χ4v) is 2.64. The van der Waals surface area contributed by atoms with Gasteiger partial charge in [-0.25, -0.2) is 0 Å². The molecule has 2 heteroatoms. The Hall–Kier alpha value is -1.28. The minimum absolute atomic E-state index is 0.0597. The van der Waals surface area contributed by atoms with Crippen LogP contribution in [0.4, 0.5) is 0 Å². The molecule has 0 saturated heterocycles. The van der Waals surface area contributed by atoms with Gasteiger partial charge in [-0.2, -0.15) is 0 Å². The number of hydrogen-bond acceptors (Lipinski definition) is 2. The lowest BCUT2D eigenvalue weighted by Crippen LogP contribution is -2.21. The number of allylic oxidation sites excluding steroid dienone is 1. The second-order valence-corrected chi connectivity index (χ2v) is 5.12. The highest BCUT2D eigenvalue weighted by Gasteiger charge is 2.20. The first-order valence-electron chi connectivity index (χ1n) is 6.81. The molecule has 0 aliphatic heterocycles. The average molecular weight is 245 g/mol. The van der Waals surface area contributed by atoms with E-state index in [1.165, 1.54) is 31.3 Å². The Morgan fingerprint density at radius 3 is 2.78 bits per heavy atom. The molecule has 0 spiro atoms.